The van der Waals surface area contributed by atoms with E-state index in [1.54, 1.807) is 19.0 Å². The van der Waals surface area contributed by atoms with Gasteiger partial charge in [-0.05, 0) is 37.1 Å². The lowest BCUT2D eigenvalue weighted by Crippen LogP contribution is -2.36. The van der Waals surface area contributed by atoms with E-state index in [-0.39, 0.29) is 5.91 Å². The molecule has 0 aromatic rings. The molecule has 2 aliphatic rings. The standard InChI is InChI=1S/C12H20N2O/c1-14(2)12(15)8-13-7-11-6-9-3-4-10(11)5-9/h3-4,9-11,13H,5-8H2,1-2H3/t9-,10-,11+/m0/s1. The Morgan fingerprint density at radius 3 is 2.73 bits per heavy atom. The highest BCUT2D eigenvalue weighted by Crippen LogP contribution is 2.42. The Bertz CT molecular complexity index is 273. The molecule has 0 aliphatic heterocycles. The minimum atomic E-state index is 0.161. The summed E-state index contributed by atoms with van der Waals surface area (Å²) in [5.74, 6) is 2.52. The van der Waals surface area contributed by atoms with Gasteiger partial charge in [0.05, 0.1) is 6.54 Å². The average molecular weight is 208 g/mol. The maximum absolute atomic E-state index is 11.3. The summed E-state index contributed by atoms with van der Waals surface area (Å²) >= 11 is 0. The van der Waals surface area contributed by atoms with Crippen LogP contribution in [0.25, 0.3) is 0 Å². The van der Waals surface area contributed by atoms with Gasteiger partial charge in [-0.15, -0.1) is 0 Å². The van der Waals surface area contributed by atoms with Crippen LogP contribution in [0.15, 0.2) is 12.2 Å². The molecule has 0 aromatic heterocycles. The number of carbonyl (C=O) groups is 1. The first kappa shape index (κ1) is 10.7. The van der Waals surface area contributed by atoms with E-state index < -0.39 is 0 Å². The molecule has 1 N–H and O–H groups in total. The predicted molar refractivity (Wildman–Crippen MR) is 60.4 cm³/mol. The quantitative estimate of drug-likeness (QED) is 0.695. The SMILES string of the molecule is CN(C)C(=O)CNC[C@H]1C[C@H]2C=C[C@H]1C2. The minimum absolute atomic E-state index is 0.161. The van der Waals surface area contributed by atoms with E-state index >= 15 is 0 Å². The molecule has 2 aliphatic carbocycles. The fourth-order valence-corrected chi connectivity index (χ4v) is 2.65. The summed E-state index contributed by atoms with van der Waals surface area (Å²) in [5, 5.41) is 3.27. The van der Waals surface area contributed by atoms with Crippen LogP contribution in [-0.4, -0.2) is 38.0 Å². The summed E-state index contributed by atoms with van der Waals surface area (Å²) < 4.78 is 0. The largest absolute Gasteiger partial charge is 0.348 e. The highest BCUT2D eigenvalue weighted by atomic mass is 16.2. The normalized spacial score (nSPS) is 32.3. The predicted octanol–water partition coefficient (Wildman–Crippen LogP) is 0.876. The Morgan fingerprint density at radius 2 is 2.20 bits per heavy atom. The van der Waals surface area contributed by atoms with Crippen LogP contribution in [0, 0.1) is 17.8 Å². The van der Waals surface area contributed by atoms with Crippen LogP contribution in [0.1, 0.15) is 12.8 Å². The number of hydrogen-bond acceptors (Lipinski definition) is 2. The smallest absolute Gasteiger partial charge is 0.236 e. The summed E-state index contributed by atoms with van der Waals surface area (Å²) in [4.78, 5) is 13.0. The first-order valence-corrected chi connectivity index (χ1v) is 5.76. The molecule has 1 fully saturated rings. The first-order chi connectivity index (χ1) is 7.16. The van der Waals surface area contributed by atoms with Gasteiger partial charge >= 0.3 is 0 Å². The molecule has 1 amide bonds. The van der Waals surface area contributed by atoms with Gasteiger partial charge in [-0.25, -0.2) is 0 Å². The molecule has 0 aromatic carbocycles. The molecule has 3 nitrogen and oxygen atoms in total. The summed E-state index contributed by atoms with van der Waals surface area (Å²) in [7, 11) is 3.59. The Hall–Kier alpha value is -0.830. The van der Waals surface area contributed by atoms with Crippen molar-refractivity contribution in [2.24, 2.45) is 17.8 Å². The number of hydrogen-bond donors (Lipinski definition) is 1. The second kappa shape index (κ2) is 4.35. The minimum Gasteiger partial charge on any atom is -0.348 e. The summed E-state index contributed by atoms with van der Waals surface area (Å²) in [6.45, 7) is 1.47. The second-order valence-corrected chi connectivity index (χ2v) is 4.96. The maximum Gasteiger partial charge on any atom is 0.236 e. The van der Waals surface area contributed by atoms with E-state index in [9.17, 15) is 4.79 Å². The van der Waals surface area contributed by atoms with E-state index in [1.165, 1.54) is 12.8 Å². The van der Waals surface area contributed by atoms with Crippen LogP contribution in [-0.2, 0) is 4.79 Å². The molecule has 0 saturated heterocycles. The summed E-state index contributed by atoms with van der Waals surface area (Å²) in [6.07, 6.45) is 7.36. The lowest BCUT2D eigenvalue weighted by molar-refractivity contribution is -0.127. The van der Waals surface area contributed by atoms with Crippen molar-refractivity contribution >= 4 is 5.91 Å². The molecular weight excluding hydrogens is 188 g/mol. The van der Waals surface area contributed by atoms with Gasteiger partial charge in [0.1, 0.15) is 0 Å². The number of allylic oxidation sites excluding steroid dienone is 2. The van der Waals surface area contributed by atoms with Crippen molar-refractivity contribution in [3.05, 3.63) is 12.2 Å². The molecule has 3 heteroatoms. The summed E-state index contributed by atoms with van der Waals surface area (Å²) in [5.41, 5.74) is 0. The molecule has 0 spiro atoms. The van der Waals surface area contributed by atoms with Crippen LogP contribution in [0.5, 0.6) is 0 Å². The topological polar surface area (TPSA) is 32.3 Å². The van der Waals surface area contributed by atoms with Crippen molar-refractivity contribution in [2.75, 3.05) is 27.2 Å². The highest BCUT2D eigenvalue weighted by molar-refractivity contribution is 5.77. The zero-order valence-electron chi connectivity index (χ0n) is 9.57. The summed E-state index contributed by atoms with van der Waals surface area (Å²) in [6, 6.07) is 0. The zero-order valence-corrected chi connectivity index (χ0v) is 9.57. The third-order valence-electron chi connectivity index (χ3n) is 3.60. The molecule has 84 valence electrons. The number of carbonyl (C=O) groups excluding carboxylic acids is 1. The Balaban J connectivity index is 1.67. The van der Waals surface area contributed by atoms with Gasteiger partial charge in [-0.1, -0.05) is 12.2 Å². The van der Waals surface area contributed by atoms with E-state index in [0.29, 0.717) is 6.54 Å². The maximum atomic E-state index is 11.3. The van der Waals surface area contributed by atoms with E-state index in [0.717, 1.165) is 24.3 Å². The van der Waals surface area contributed by atoms with Crippen molar-refractivity contribution in [3.8, 4) is 0 Å². The van der Waals surface area contributed by atoms with Crippen LogP contribution < -0.4 is 5.32 Å². The highest BCUT2D eigenvalue weighted by Gasteiger charge is 2.34. The van der Waals surface area contributed by atoms with Crippen molar-refractivity contribution in [1.82, 2.24) is 10.2 Å². The van der Waals surface area contributed by atoms with Gasteiger partial charge in [0.15, 0.2) is 0 Å². The molecule has 3 atom stereocenters. The van der Waals surface area contributed by atoms with Crippen molar-refractivity contribution in [2.45, 2.75) is 12.8 Å². The zero-order chi connectivity index (χ0) is 10.8. The first-order valence-electron chi connectivity index (χ1n) is 5.76. The van der Waals surface area contributed by atoms with Gasteiger partial charge in [0.2, 0.25) is 5.91 Å². The Kier molecular flexibility index (Phi) is 3.10. The molecule has 2 bridgehead atoms. The Morgan fingerprint density at radius 1 is 1.40 bits per heavy atom. The van der Waals surface area contributed by atoms with Crippen LogP contribution in [0.2, 0.25) is 0 Å². The van der Waals surface area contributed by atoms with Gasteiger partial charge in [-0.3, -0.25) is 4.79 Å². The molecule has 0 radical (unpaired) electrons. The number of amides is 1. The molecule has 0 unspecified atom stereocenters. The number of nitrogens with one attached hydrogen (secondary N) is 1. The number of fused-ring (bicyclic) bond motifs is 2. The average Bonchev–Trinajstić information content (AvgIpc) is 2.78. The van der Waals surface area contributed by atoms with Crippen LogP contribution >= 0.6 is 0 Å². The molecule has 2 rings (SSSR count). The van der Waals surface area contributed by atoms with Gasteiger partial charge in [0.25, 0.3) is 0 Å². The van der Waals surface area contributed by atoms with Crippen LogP contribution in [0.4, 0.5) is 0 Å². The third-order valence-corrected chi connectivity index (χ3v) is 3.60. The number of rotatable bonds is 4. The molecule has 0 heterocycles. The number of nitrogens with zero attached hydrogens (tertiary/aromatic N) is 1. The second-order valence-electron chi connectivity index (χ2n) is 4.96. The van der Waals surface area contributed by atoms with Crippen molar-refractivity contribution in [1.29, 1.82) is 0 Å². The fraction of sp³-hybridized carbons (Fsp3) is 0.750. The van der Waals surface area contributed by atoms with E-state index in [2.05, 4.69) is 17.5 Å². The van der Waals surface area contributed by atoms with Crippen LogP contribution in [0.3, 0.4) is 0 Å². The Labute approximate surface area is 91.5 Å². The van der Waals surface area contributed by atoms with E-state index in [4.69, 9.17) is 0 Å². The molecule has 15 heavy (non-hydrogen) atoms. The monoisotopic (exact) mass is 208 g/mol. The van der Waals surface area contributed by atoms with E-state index in [1.807, 2.05) is 0 Å². The lowest BCUT2D eigenvalue weighted by atomic mass is 9.94. The number of likely N-dealkylation sites (N-methyl/N-ethyl adjacent to an activating group) is 1. The lowest BCUT2D eigenvalue weighted by Gasteiger charge is -2.19. The third kappa shape index (κ3) is 2.40. The molecule has 1 saturated carbocycles. The van der Waals surface area contributed by atoms with Gasteiger partial charge < -0.3 is 10.2 Å². The van der Waals surface area contributed by atoms with Crippen molar-refractivity contribution < 1.29 is 4.79 Å². The molecular formula is C12H20N2O. The fourth-order valence-electron chi connectivity index (χ4n) is 2.65. The van der Waals surface area contributed by atoms with Crippen molar-refractivity contribution in [3.63, 3.8) is 0 Å². The van der Waals surface area contributed by atoms with Gasteiger partial charge in [-0.2, -0.15) is 0 Å². The van der Waals surface area contributed by atoms with Gasteiger partial charge in [0, 0.05) is 14.1 Å².